The maximum atomic E-state index is 10.6. The van der Waals surface area contributed by atoms with Crippen molar-refractivity contribution in [3.63, 3.8) is 0 Å². The molecule has 5 nitrogen and oxygen atoms in total. The summed E-state index contributed by atoms with van der Waals surface area (Å²) >= 11 is 1.21. The molecule has 0 radical (unpaired) electrons. The first-order valence-corrected chi connectivity index (χ1v) is 3.96. The van der Waals surface area contributed by atoms with Gasteiger partial charge in [0, 0.05) is 19.2 Å². The van der Waals surface area contributed by atoms with E-state index in [0.717, 1.165) is 0 Å². The van der Waals surface area contributed by atoms with Crippen molar-refractivity contribution in [1.29, 1.82) is 0 Å². The molecule has 0 atom stereocenters. The number of hydrogen-bond acceptors (Lipinski definition) is 5. The van der Waals surface area contributed by atoms with Crippen LogP contribution in [0.2, 0.25) is 0 Å². The van der Waals surface area contributed by atoms with Gasteiger partial charge in [0.1, 0.15) is 5.00 Å². The molecule has 0 saturated heterocycles. The number of hydrazine groups is 1. The van der Waals surface area contributed by atoms with E-state index >= 15 is 0 Å². The fourth-order valence-electron chi connectivity index (χ4n) is 0.664. The summed E-state index contributed by atoms with van der Waals surface area (Å²) in [5.41, 5.74) is 5.14. The zero-order valence-electron chi connectivity index (χ0n) is 5.91. The average Bonchev–Trinajstić information content (AvgIpc) is 2.36. The Kier molecular flexibility index (Phi) is 2.64. The molecule has 0 unspecified atom stereocenters. The van der Waals surface area contributed by atoms with Gasteiger partial charge in [-0.15, -0.1) is 0 Å². The summed E-state index contributed by atoms with van der Waals surface area (Å²) < 4.78 is 2.53. The van der Waals surface area contributed by atoms with Gasteiger partial charge in [-0.05, 0) is 11.5 Å². The lowest BCUT2D eigenvalue weighted by molar-refractivity contribution is 0.841. The smallest absolute Gasteiger partial charge is 0.260 e. The molecule has 1 heterocycles. The first kappa shape index (κ1) is 8.25. The van der Waals surface area contributed by atoms with Crippen molar-refractivity contribution in [2.45, 2.75) is 0 Å². The molecule has 0 aromatic carbocycles. The van der Waals surface area contributed by atoms with Gasteiger partial charge in [0.15, 0.2) is 0 Å². The average molecular weight is 174 g/mol. The van der Waals surface area contributed by atoms with E-state index in [-0.39, 0.29) is 5.56 Å². The Bertz CT molecular complexity index is 267. The standard InChI is InChI=1S/C5H10N4OS/c6-1-2-9(7)5-3-4(10)8-11-5/h3H,1-2,6-7H2,(H,8,10). The molecule has 6 heteroatoms. The highest BCUT2D eigenvalue weighted by Crippen LogP contribution is 2.10. The van der Waals surface area contributed by atoms with Gasteiger partial charge >= 0.3 is 0 Å². The fraction of sp³-hybridized carbons (Fsp3) is 0.400. The summed E-state index contributed by atoms with van der Waals surface area (Å²) in [5.74, 6) is 5.52. The van der Waals surface area contributed by atoms with Crippen LogP contribution < -0.4 is 22.1 Å². The van der Waals surface area contributed by atoms with E-state index in [2.05, 4.69) is 4.37 Å². The first-order chi connectivity index (χ1) is 5.24. The summed E-state index contributed by atoms with van der Waals surface area (Å²) in [6.45, 7) is 1.02. The molecule has 0 aliphatic rings. The molecule has 0 spiro atoms. The number of anilines is 1. The van der Waals surface area contributed by atoms with Crippen LogP contribution in [-0.2, 0) is 0 Å². The van der Waals surface area contributed by atoms with Crippen LogP contribution in [-0.4, -0.2) is 17.5 Å². The fourth-order valence-corrected chi connectivity index (χ4v) is 1.30. The molecule has 11 heavy (non-hydrogen) atoms. The molecule has 0 saturated carbocycles. The Morgan fingerprint density at radius 3 is 2.91 bits per heavy atom. The minimum Gasteiger partial charge on any atom is -0.329 e. The second kappa shape index (κ2) is 3.51. The van der Waals surface area contributed by atoms with Gasteiger partial charge < -0.3 is 5.73 Å². The third-order valence-electron chi connectivity index (χ3n) is 1.16. The van der Waals surface area contributed by atoms with Crippen LogP contribution in [0, 0.1) is 0 Å². The summed E-state index contributed by atoms with van der Waals surface area (Å²) in [6.07, 6.45) is 0. The van der Waals surface area contributed by atoms with Crippen molar-refractivity contribution in [2.75, 3.05) is 18.1 Å². The highest BCUT2D eigenvalue weighted by Gasteiger charge is 2.02. The van der Waals surface area contributed by atoms with Crippen LogP contribution in [0.4, 0.5) is 5.00 Å². The lowest BCUT2D eigenvalue weighted by Crippen LogP contribution is -2.35. The molecule has 1 rings (SSSR count). The Morgan fingerprint density at radius 2 is 2.45 bits per heavy atom. The van der Waals surface area contributed by atoms with Crippen molar-refractivity contribution in [3.8, 4) is 0 Å². The van der Waals surface area contributed by atoms with Gasteiger partial charge in [0.05, 0.1) is 0 Å². The quantitative estimate of drug-likeness (QED) is 0.408. The number of aromatic nitrogens is 1. The van der Waals surface area contributed by atoms with E-state index in [1.165, 1.54) is 22.6 Å². The van der Waals surface area contributed by atoms with E-state index in [0.29, 0.717) is 18.1 Å². The van der Waals surface area contributed by atoms with Crippen LogP contribution in [0.5, 0.6) is 0 Å². The largest absolute Gasteiger partial charge is 0.329 e. The zero-order valence-corrected chi connectivity index (χ0v) is 6.73. The summed E-state index contributed by atoms with van der Waals surface area (Å²) in [5, 5.41) is 2.16. The molecular weight excluding hydrogens is 164 g/mol. The maximum Gasteiger partial charge on any atom is 0.260 e. The molecule has 0 aliphatic heterocycles. The van der Waals surface area contributed by atoms with Crippen LogP contribution in [0.1, 0.15) is 0 Å². The number of aromatic amines is 1. The number of nitrogens with one attached hydrogen (secondary N) is 1. The lowest BCUT2D eigenvalue weighted by Gasteiger charge is -2.13. The monoisotopic (exact) mass is 174 g/mol. The first-order valence-electron chi connectivity index (χ1n) is 3.15. The van der Waals surface area contributed by atoms with Gasteiger partial charge in [0.2, 0.25) is 0 Å². The highest BCUT2D eigenvalue weighted by atomic mass is 32.1. The molecule has 0 aliphatic carbocycles. The van der Waals surface area contributed by atoms with Gasteiger partial charge in [-0.25, -0.2) is 5.84 Å². The van der Waals surface area contributed by atoms with E-state index in [9.17, 15) is 4.79 Å². The number of rotatable bonds is 3. The van der Waals surface area contributed by atoms with Crippen molar-refractivity contribution in [2.24, 2.45) is 11.6 Å². The van der Waals surface area contributed by atoms with Crippen LogP contribution in [0.3, 0.4) is 0 Å². The normalized spacial score (nSPS) is 10.0. The highest BCUT2D eigenvalue weighted by molar-refractivity contribution is 7.10. The third kappa shape index (κ3) is 2.04. The Morgan fingerprint density at radius 1 is 1.73 bits per heavy atom. The lowest BCUT2D eigenvalue weighted by atomic mass is 10.6. The van der Waals surface area contributed by atoms with Crippen LogP contribution >= 0.6 is 11.5 Å². The Labute approximate surface area is 67.7 Å². The van der Waals surface area contributed by atoms with E-state index in [4.69, 9.17) is 11.6 Å². The Balaban J connectivity index is 2.68. The molecule has 1 aromatic rings. The van der Waals surface area contributed by atoms with Crippen molar-refractivity contribution >= 4 is 16.5 Å². The molecule has 0 amide bonds. The zero-order chi connectivity index (χ0) is 8.27. The summed E-state index contributed by atoms with van der Waals surface area (Å²) in [6, 6.07) is 1.44. The molecule has 5 N–H and O–H groups in total. The van der Waals surface area contributed by atoms with Gasteiger partial charge in [-0.2, -0.15) is 0 Å². The third-order valence-corrected chi connectivity index (χ3v) is 2.03. The number of nitrogens with zero attached hydrogens (tertiary/aromatic N) is 1. The molecule has 1 aromatic heterocycles. The van der Waals surface area contributed by atoms with E-state index in [1.54, 1.807) is 0 Å². The SMILES string of the molecule is NCCN(N)c1cc(=O)[nH]s1. The number of nitrogens with two attached hydrogens (primary N) is 2. The van der Waals surface area contributed by atoms with E-state index in [1.807, 2.05) is 0 Å². The predicted molar refractivity (Wildman–Crippen MR) is 45.5 cm³/mol. The topological polar surface area (TPSA) is 88.1 Å². The number of H-pyrrole nitrogens is 1. The minimum atomic E-state index is -0.127. The van der Waals surface area contributed by atoms with E-state index < -0.39 is 0 Å². The second-order valence-electron chi connectivity index (χ2n) is 2.03. The maximum absolute atomic E-state index is 10.6. The van der Waals surface area contributed by atoms with Crippen molar-refractivity contribution in [1.82, 2.24) is 4.37 Å². The summed E-state index contributed by atoms with van der Waals surface area (Å²) in [4.78, 5) is 10.6. The molecular formula is C5H10N4OS. The molecule has 0 fully saturated rings. The second-order valence-corrected chi connectivity index (χ2v) is 2.86. The molecule has 0 bridgehead atoms. The Hall–Kier alpha value is -0.850. The van der Waals surface area contributed by atoms with Gasteiger partial charge in [0.25, 0.3) is 5.56 Å². The van der Waals surface area contributed by atoms with Gasteiger partial charge in [-0.3, -0.25) is 14.2 Å². The van der Waals surface area contributed by atoms with Crippen molar-refractivity contribution in [3.05, 3.63) is 16.4 Å². The summed E-state index contributed by atoms with van der Waals surface area (Å²) in [7, 11) is 0. The van der Waals surface area contributed by atoms with Crippen LogP contribution in [0.15, 0.2) is 10.9 Å². The van der Waals surface area contributed by atoms with Crippen LogP contribution in [0.25, 0.3) is 0 Å². The van der Waals surface area contributed by atoms with Crippen molar-refractivity contribution < 1.29 is 0 Å². The number of hydrogen-bond donors (Lipinski definition) is 3. The minimum absolute atomic E-state index is 0.127. The molecule has 62 valence electrons. The predicted octanol–water partition coefficient (Wildman–Crippen LogP) is -0.925. The van der Waals surface area contributed by atoms with Gasteiger partial charge in [-0.1, -0.05) is 0 Å².